The number of benzene rings is 1. The Balaban J connectivity index is 1.56. The van der Waals surface area contributed by atoms with Crippen molar-refractivity contribution >= 4 is 6.09 Å². The van der Waals surface area contributed by atoms with Crippen molar-refractivity contribution in [3.8, 4) is 0 Å². The Bertz CT molecular complexity index is 566. The van der Waals surface area contributed by atoms with Crippen LogP contribution in [0.4, 0.5) is 4.79 Å². The largest absolute Gasteiger partial charge is 0.445 e. The molecule has 0 spiro atoms. The zero-order valence-corrected chi connectivity index (χ0v) is 14.6. The van der Waals surface area contributed by atoms with E-state index in [0.29, 0.717) is 18.4 Å². The van der Waals surface area contributed by atoms with Crippen LogP contribution in [0.1, 0.15) is 31.7 Å². The standard InChI is InChI=1S/C20H28N2O2/c1-3-18-13-22(14-19(18)16(2)21-11-7-8-12-21)20(23)24-15-17-9-5-4-6-10-17/h4-6,9-10,18-19H,2-3,7-8,11-15H2,1H3. The van der Waals surface area contributed by atoms with E-state index in [-0.39, 0.29) is 6.09 Å². The second-order valence-corrected chi connectivity index (χ2v) is 6.91. The molecule has 0 radical (unpaired) electrons. The predicted octanol–water partition coefficient (Wildman–Crippen LogP) is 3.89. The molecule has 1 aromatic carbocycles. The van der Waals surface area contributed by atoms with Crippen LogP contribution in [0.2, 0.25) is 0 Å². The molecule has 1 amide bonds. The zero-order chi connectivity index (χ0) is 16.9. The van der Waals surface area contributed by atoms with Gasteiger partial charge >= 0.3 is 6.09 Å². The van der Waals surface area contributed by atoms with Crippen molar-refractivity contribution in [3.05, 3.63) is 48.2 Å². The highest BCUT2D eigenvalue weighted by Gasteiger charge is 2.38. The number of hydrogen-bond acceptors (Lipinski definition) is 3. The van der Waals surface area contributed by atoms with Crippen molar-refractivity contribution < 1.29 is 9.53 Å². The summed E-state index contributed by atoms with van der Waals surface area (Å²) in [5, 5.41) is 0. The van der Waals surface area contributed by atoms with Gasteiger partial charge in [0.25, 0.3) is 0 Å². The Hall–Kier alpha value is -1.97. The number of amides is 1. The van der Waals surface area contributed by atoms with Crippen LogP contribution in [-0.2, 0) is 11.3 Å². The number of ether oxygens (including phenoxy) is 1. The average molecular weight is 328 g/mol. The summed E-state index contributed by atoms with van der Waals surface area (Å²) in [6.45, 7) is 10.6. The molecule has 1 aromatic rings. The fraction of sp³-hybridized carbons (Fsp3) is 0.550. The van der Waals surface area contributed by atoms with E-state index in [4.69, 9.17) is 4.74 Å². The summed E-state index contributed by atoms with van der Waals surface area (Å²) >= 11 is 0. The molecule has 2 aliphatic heterocycles. The third-order valence-corrected chi connectivity index (χ3v) is 5.37. The molecule has 130 valence electrons. The van der Waals surface area contributed by atoms with Crippen molar-refractivity contribution in [1.82, 2.24) is 9.80 Å². The number of hydrogen-bond donors (Lipinski definition) is 0. The van der Waals surface area contributed by atoms with Crippen LogP contribution in [0.25, 0.3) is 0 Å². The first-order valence-electron chi connectivity index (χ1n) is 9.08. The minimum atomic E-state index is -0.200. The monoisotopic (exact) mass is 328 g/mol. The summed E-state index contributed by atoms with van der Waals surface area (Å²) in [6, 6.07) is 9.84. The van der Waals surface area contributed by atoms with Gasteiger partial charge in [-0.2, -0.15) is 0 Å². The fourth-order valence-electron chi connectivity index (χ4n) is 3.86. The Labute approximate surface area is 145 Å². The molecule has 2 heterocycles. The molecule has 2 atom stereocenters. The van der Waals surface area contributed by atoms with Crippen LogP contribution in [0, 0.1) is 11.8 Å². The van der Waals surface area contributed by atoms with Crippen LogP contribution in [0.5, 0.6) is 0 Å². The Morgan fingerprint density at radius 2 is 1.88 bits per heavy atom. The summed E-state index contributed by atoms with van der Waals surface area (Å²) in [7, 11) is 0. The van der Waals surface area contributed by atoms with Gasteiger partial charge < -0.3 is 14.5 Å². The average Bonchev–Trinajstić information content (AvgIpc) is 3.29. The second kappa shape index (κ2) is 7.73. The Morgan fingerprint density at radius 1 is 1.17 bits per heavy atom. The normalized spacial score (nSPS) is 23.5. The molecule has 3 rings (SSSR count). The minimum Gasteiger partial charge on any atom is -0.445 e. The second-order valence-electron chi connectivity index (χ2n) is 6.91. The quantitative estimate of drug-likeness (QED) is 0.822. The summed E-state index contributed by atoms with van der Waals surface area (Å²) in [5.74, 6) is 0.861. The van der Waals surface area contributed by atoms with Crippen LogP contribution in [0.3, 0.4) is 0 Å². The minimum absolute atomic E-state index is 0.200. The molecule has 4 nitrogen and oxygen atoms in total. The van der Waals surface area contributed by atoms with Crippen LogP contribution < -0.4 is 0 Å². The molecule has 2 aliphatic rings. The smallest absolute Gasteiger partial charge is 0.410 e. The maximum Gasteiger partial charge on any atom is 0.410 e. The summed E-state index contributed by atoms with van der Waals surface area (Å²) in [5.41, 5.74) is 2.24. The summed E-state index contributed by atoms with van der Waals surface area (Å²) in [6.07, 6.45) is 3.38. The molecule has 24 heavy (non-hydrogen) atoms. The molecule has 0 saturated carbocycles. The SMILES string of the molecule is C=C(C1CN(C(=O)OCc2ccccc2)CC1CC)N1CCCC1. The number of likely N-dealkylation sites (tertiary alicyclic amines) is 2. The summed E-state index contributed by atoms with van der Waals surface area (Å²) < 4.78 is 5.50. The molecule has 0 aromatic heterocycles. The van der Waals surface area contributed by atoms with Crippen LogP contribution >= 0.6 is 0 Å². The van der Waals surface area contributed by atoms with E-state index in [9.17, 15) is 4.79 Å². The highest BCUT2D eigenvalue weighted by atomic mass is 16.6. The molecular weight excluding hydrogens is 300 g/mol. The number of carbonyl (C=O) groups excluding carboxylic acids is 1. The van der Waals surface area contributed by atoms with Crippen molar-refractivity contribution in [1.29, 1.82) is 0 Å². The van der Waals surface area contributed by atoms with Gasteiger partial charge in [0, 0.05) is 37.8 Å². The van der Waals surface area contributed by atoms with E-state index in [1.165, 1.54) is 18.5 Å². The van der Waals surface area contributed by atoms with E-state index in [1.54, 1.807) is 0 Å². The topological polar surface area (TPSA) is 32.8 Å². The van der Waals surface area contributed by atoms with Gasteiger partial charge in [0.05, 0.1) is 0 Å². The first kappa shape index (κ1) is 16.9. The molecule has 0 aliphatic carbocycles. The van der Waals surface area contributed by atoms with Gasteiger partial charge in [0.2, 0.25) is 0 Å². The van der Waals surface area contributed by atoms with E-state index >= 15 is 0 Å². The van der Waals surface area contributed by atoms with Crippen molar-refractivity contribution in [2.75, 3.05) is 26.2 Å². The molecule has 2 unspecified atom stereocenters. The maximum absolute atomic E-state index is 12.4. The Morgan fingerprint density at radius 3 is 2.54 bits per heavy atom. The molecule has 0 N–H and O–H groups in total. The maximum atomic E-state index is 12.4. The molecular formula is C20H28N2O2. The third kappa shape index (κ3) is 3.74. The van der Waals surface area contributed by atoms with Crippen molar-refractivity contribution in [3.63, 3.8) is 0 Å². The molecule has 4 heteroatoms. The van der Waals surface area contributed by atoms with Gasteiger partial charge in [-0.25, -0.2) is 4.79 Å². The predicted molar refractivity (Wildman–Crippen MR) is 95.4 cm³/mol. The third-order valence-electron chi connectivity index (χ3n) is 5.37. The molecule has 2 fully saturated rings. The van der Waals surface area contributed by atoms with Gasteiger partial charge in [0.1, 0.15) is 6.61 Å². The van der Waals surface area contributed by atoms with Crippen molar-refractivity contribution in [2.24, 2.45) is 11.8 Å². The van der Waals surface area contributed by atoms with E-state index < -0.39 is 0 Å². The van der Waals surface area contributed by atoms with Gasteiger partial charge in [-0.15, -0.1) is 0 Å². The van der Waals surface area contributed by atoms with Gasteiger partial charge in [-0.3, -0.25) is 0 Å². The van der Waals surface area contributed by atoms with Crippen LogP contribution in [0.15, 0.2) is 42.6 Å². The molecule has 0 bridgehead atoms. The Kier molecular flexibility index (Phi) is 5.44. The van der Waals surface area contributed by atoms with Gasteiger partial charge in [-0.1, -0.05) is 50.3 Å². The fourth-order valence-corrected chi connectivity index (χ4v) is 3.86. The molecule has 2 saturated heterocycles. The van der Waals surface area contributed by atoms with Crippen molar-refractivity contribution in [2.45, 2.75) is 32.8 Å². The van der Waals surface area contributed by atoms with E-state index in [0.717, 1.165) is 38.2 Å². The number of rotatable bonds is 5. The summed E-state index contributed by atoms with van der Waals surface area (Å²) in [4.78, 5) is 16.7. The lowest BCUT2D eigenvalue weighted by atomic mass is 9.91. The highest BCUT2D eigenvalue weighted by Crippen LogP contribution is 2.34. The van der Waals surface area contributed by atoms with E-state index in [2.05, 4.69) is 18.4 Å². The van der Waals surface area contributed by atoms with Gasteiger partial charge in [-0.05, 0) is 24.3 Å². The lowest BCUT2D eigenvalue weighted by Gasteiger charge is -2.28. The number of nitrogens with zero attached hydrogens (tertiary/aromatic N) is 2. The first-order valence-corrected chi connectivity index (χ1v) is 9.08. The lowest BCUT2D eigenvalue weighted by Crippen LogP contribution is -2.31. The van der Waals surface area contributed by atoms with E-state index in [1.807, 2.05) is 35.2 Å². The van der Waals surface area contributed by atoms with Crippen LogP contribution in [-0.4, -0.2) is 42.1 Å². The van der Waals surface area contributed by atoms with Gasteiger partial charge in [0.15, 0.2) is 0 Å². The number of carbonyl (C=O) groups is 1. The first-order chi connectivity index (χ1) is 11.7. The zero-order valence-electron chi connectivity index (χ0n) is 14.6. The lowest BCUT2D eigenvalue weighted by molar-refractivity contribution is 0.102. The highest BCUT2D eigenvalue weighted by molar-refractivity contribution is 5.68.